The van der Waals surface area contributed by atoms with Crippen LogP contribution in [0.1, 0.15) is 13.7 Å². The Kier molecular flexibility index (Phi) is 2.91. The maximum absolute atomic E-state index is 8.88. The Hall–Kier alpha value is -5.08. The van der Waals surface area contributed by atoms with Gasteiger partial charge in [0.2, 0.25) is 0 Å². The summed E-state index contributed by atoms with van der Waals surface area (Å²) in [6.45, 7) is 0. The van der Waals surface area contributed by atoms with Crippen molar-refractivity contribution in [1.82, 2.24) is 9.13 Å². The molecule has 2 nitrogen and oxygen atoms in total. The lowest BCUT2D eigenvalue weighted by molar-refractivity contribution is 1.17. The summed E-state index contributed by atoms with van der Waals surface area (Å²) in [6.07, 6.45) is 0. The van der Waals surface area contributed by atoms with E-state index in [-0.39, 0.29) is 58.1 Å². The highest BCUT2D eigenvalue weighted by Crippen LogP contribution is 2.38. The second-order valence-electron chi connectivity index (χ2n) is 9.08. The number of nitrogens with zero attached hydrogens (tertiary/aromatic N) is 2. The molecule has 0 saturated carbocycles. The van der Waals surface area contributed by atoms with Crippen molar-refractivity contribution in [3.8, 4) is 22.5 Å². The Morgan fingerprint density at radius 3 is 1.89 bits per heavy atom. The van der Waals surface area contributed by atoms with Gasteiger partial charge in [0.25, 0.3) is 0 Å². The largest absolute Gasteiger partial charge is 0.309 e. The molecule has 2 aromatic heterocycles. The van der Waals surface area contributed by atoms with E-state index in [1.54, 1.807) is 18.2 Å². The molecular formula is C36H24N2. The van der Waals surface area contributed by atoms with Gasteiger partial charge in [-0.15, -0.1) is 0 Å². The van der Waals surface area contributed by atoms with E-state index >= 15 is 0 Å². The fraction of sp³-hybridized carbons (Fsp3) is 0. The van der Waals surface area contributed by atoms with Crippen LogP contribution in [0.15, 0.2) is 145 Å². The number of hydrogen-bond donors (Lipinski definition) is 0. The van der Waals surface area contributed by atoms with Crippen molar-refractivity contribution < 1.29 is 13.7 Å². The number of para-hydroxylation sites is 4. The Labute approximate surface area is 234 Å². The van der Waals surface area contributed by atoms with Gasteiger partial charge < -0.3 is 9.13 Å². The van der Waals surface area contributed by atoms with Gasteiger partial charge in [0.1, 0.15) is 0 Å². The maximum atomic E-state index is 8.88. The molecule has 2 heteroatoms. The van der Waals surface area contributed by atoms with Crippen LogP contribution < -0.4 is 0 Å². The quantitative estimate of drug-likeness (QED) is 0.231. The molecule has 2 heterocycles. The van der Waals surface area contributed by atoms with E-state index in [4.69, 9.17) is 13.7 Å². The fourth-order valence-electron chi connectivity index (χ4n) is 5.46. The van der Waals surface area contributed by atoms with Crippen LogP contribution in [0.3, 0.4) is 0 Å². The molecule has 8 rings (SSSR count). The first kappa shape index (κ1) is 13.5. The van der Waals surface area contributed by atoms with E-state index in [0.717, 1.165) is 38.6 Å². The normalized spacial score (nSPS) is 15.4. The number of hydrogen-bond acceptors (Lipinski definition) is 0. The summed E-state index contributed by atoms with van der Waals surface area (Å²) < 4.78 is 88.9. The molecular weight excluding hydrogens is 460 g/mol. The van der Waals surface area contributed by atoms with Crippen LogP contribution in [0, 0.1) is 0 Å². The average Bonchev–Trinajstić information content (AvgIpc) is 3.61. The zero-order valence-corrected chi connectivity index (χ0v) is 20.0. The summed E-state index contributed by atoms with van der Waals surface area (Å²) >= 11 is 0. The van der Waals surface area contributed by atoms with Crippen molar-refractivity contribution >= 4 is 43.6 Å². The first-order valence-corrected chi connectivity index (χ1v) is 12.2. The highest BCUT2D eigenvalue weighted by Gasteiger charge is 2.17. The van der Waals surface area contributed by atoms with Crippen molar-refractivity contribution in [2.75, 3.05) is 0 Å². The first-order chi connectivity index (χ1) is 23.0. The molecule has 178 valence electrons. The van der Waals surface area contributed by atoms with Gasteiger partial charge >= 0.3 is 0 Å². The number of fused-ring (bicyclic) bond motifs is 6. The summed E-state index contributed by atoms with van der Waals surface area (Å²) in [6, 6.07) is 23.3. The van der Waals surface area contributed by atoms with E-state index < -0.39 is 24.2 Å². The highest BCUT2D eigenvalue weighted by atomic mass is 15.0. The Balaban J connectivity index is 1.50. The lowest BCUT2D eigenvalue weighted by Gasteiger charge is -2.14. The van der Waals surface area contributed by atoms with Crippen molar-refractivity contribution in [2.45, 2.75) is 0 Å². The van der Waals surface area contributed by atoms with Gasteiger partial charge in [-0.05, 0) is 48.0 Å². The molecule has 0 aliphatic rings. The van der Waals surface area contributed by atoms with Gasteiger partial charge in [-0.2, -0.15) is 0 Å². The number of benzene rings is 6. The third-order valence-electron chi connectivity index (χ3n) is 7.05. The van der Waals surface area contributed by atoms with Crippen LogP contribution in [0.5, 0.6) is 0 Å². The van der Waals surface area contributed by atoms with E-state index in [1.165, 1.54) is 10.6 Å². The Morgan fingerprint density at radius 2 is 1.11 bits per heavy atom. The predicted octanol–water partition coefficient (Wildman–Crippen LogP) is 9.55. The molecule has 8 aromatic rings. The molecule has 0 saturated heterocycles. The smallest absolute Gasteiger partial charge is 0.0645 e. The zero-order chi connectivity index (χ0) is 33.8. The van der Waals surface area contributed by atoms with Crippen LogP contribution >= 0.6 is 0 Å². The molecule has 0 N–H and O–H groups in total. The lowest BCUT2D eigenvalue weighted by Crippen LogP contribution is -1.97. The molecule has 0 spiro atoms. The van der Waals surface area contributed by atoms with Crippen molar-refractivity contribution in [1.29, 1.82) is 0 Å². The van der Waals surface area contributed by atoms with Crippen molar-refractivity contribution in [2.24, 2.45) is 0 Å². The van der Waals surface area contributed by atoms with Crippen LogP contribution in [-0.4, -0.2) is 9.13 Å². The van der Waals surface area contributed by atoms with E-state index in [9.17, 15) is 0 Å². The molecule has 0 amide bonds. The minimum atomic E-state index is -0.482. The minimum Gasteiger partial charge on any atom is -0.309 e. The Morgan fingerprint density at radius 1 is 0.447 bits per heavy atom. The van der Waals surface area contributed by atoms with Gasteiger partial charge in [0.15, 0.2) is 0 Å². The number of aromatic nitrogens is 2. The van der Waals surface area contributed by atoms with Gasteiger partial charge in [0, 0.05) is 32.8 Å². The highest BCUT2D eigenvalue weighted by molar-refractivity contribution is 6.12. The maximum Gasteiger partial charge on any atom is 0.0645 e. The minimum absolute atomic E-state index is 0.0323. The second kappa shape index (κ2) is 8.22. The average molecular weight is 495 g/mol. The molecule has 6 aromatic carbocycles. The molecule has 0 radical (unpaired) electrons. The van der Waals surface area contributed by atoms with Gasteiger partial charge in [-0.25, -0.2) is 0 Å². The summed E-state index contributed by atoms with van der Waals surface area (Å²) in [5.41, 5.74) is 4.72. The first-order valence-electron chi connectivity index (χ1n) is 17.2. The van der Waals surface area contributed by atoms with Crippen molar-refractivity contribution in [3.63, 3.8) is 0 Å². The van der Waals surface area contributed by atoms with E-state index in [1.807, 2.05) is 60.7 Å². The van der Waals surface area contributed by atoms with Gasteiger partial charge in [-0.3, -0.25) is 0 Å². The SMILES string of the molecule is [2H]c1cc([2H])cc(-c2ccccc2-n2c3ccccc3c3cc(-n4c5c([2H])c([2H])c([2H])c([2H])c5c5c([2H])c([2H])c([2H])c([2H])c54)ccc32)c1. The summed E-state index contributed by atoms with van der Waals surface area (Å²) in [7, 11) is 0. The van der Waals surface area contributed by atoms with Crippen LogP contribution in [-0.2, 0) is 0 Å². The predicted molar refractivity (Wildman–Crippen MR) is 161 cm³/mol. The summed E-state index contributed by atoms with van der Waals surface area (Å²) in [4.78, 5) is 0. The lowest BCUT2D eigenvalue weighted by atomic mass is 10.0. The zero-order valence-electron chi connectivity index (χ0n) is 30.0. The molecule has 0 bridgehead atoms. The molecule has 38 heavy (non-hydrogen) atoms. The molecule has 0 atom stereocenters. The molecule has 0 unspecified atom stereocenters. The molecule has 0 aliphatic heterocycles. The van der Waals surface area contributed by atoms with Gasteiger partial charge in [-0.1, -0.05) is 103 Å². The summed E-state index contributed by atoms with van der Waals surface area (Å²) in [5, 5.41) is 1.77. The van der Waals surface area contributed by atoms with Crippen LogP contribution in [0.4, 0.5) is 0 Å². The summed E-state index contributed by atoms with van der Waals surface area (Å²) in [5.74, 6) is 0. The topological polar surface area (TPSA) is 9.86 Å². The molecule has 0 aliphatic carbocycles. The van der Waals surface area contributed by atoms with Crippen molar-refractivity contribution in [3.05, 3.63) is 145 Å². The van der Waals surface area contributed by atoms with Crippen LogP contribution in [0.25, 0.3) is 66.1 Å². The second-order valence-corrected chi connectivity index (χ2v) is 9.08. The van der Waals surface area contributed by atoms with E-state index in [2.05, 4.69) is 4.57 Å². The third kappa shape index (κ3) is 3.01. The van der Waals surface area contributed by atoms with Gasteiger partial charge in [0.05, 0.1) is 41.5 Å². The third-order valence-corrected chi connectivity index (χ3v) is 7.05. The van der Waals surface area contributed by atoms with Crippen LogP contribution in [0.2, 0.25) is 0 Å². The molecule has 0 fully saturated rings. The standard InChI is InChI=1S/C36H24N2/c1-2-12-25(13-3-1)27-14-4-8-18-32(27)38-35-21-11-7-17-30(35)31-24-26(22-23-36(31)38)37-33-19-9-5-15-28(33)29-16-6-10-20-34(29)37/h1-24H/i2D,3D,5D,6D,9D,10D,15D,16D,19D,20D. The number of rotatable bonds is 3. The van der Waals surface area contributed by atoms with E-state index in [0.29, 0.717) is 5.69 Å². The monoisotopic (exact) mass is 494 g/mol. The fourth-order valence-corrected chi connectivity index (χ4v) is 5.46. The Bertz CT molecular complexity index is 2590.